The van der Waals surface area contributed by atoms with Crippen LogP contribution in [0.4, 0.5) is 0 Å². The summed E-state index contributed by atoms with van der Waals surface area (Å²) < 4.78 is 46.5. The third-order valence-corrected chi connectivity index (χ3v) is 5.45. The van der Waals surface area contributed by atoms with Crippen molar-refractivity contribution >= 4 is 22.0 Å². The van der Waals surface area contributed by atoms with Gasteiger partial charge in [0.05, 0.1) is 43.5 Å². The minimum absolute atomic E-state index is 0.00263. The molecule has 9 nitrogen and oxygen atoms in total. The highest BCUT2D eigenvalue weighted by Gasteiger charge is 2.30. The number of esters is 2. The highest BCUT2D eigenvalue weighted by atomic mass is 32.2. The van der Waals surface area contributed by atoms with Gasteiger partial charge < -0.3 is 18.9 Å². The SMILES string of the molecule is COCCN(CCOC)S(=O)(=O)c1cc(C(=O)OC)ccc1C(=O)OC. The molecule has 0 heterocycles. The third-order valence-electron chi connectivity index (χ3n) is 3.52. The van der Waals surface area contributed by atoms with E-state index in [-0.39, 0.29) is 42.3 Å². The van der Waals surface area contributed by atoms with E-state index in [1.54, 1.807) is 0 Å². The third kappa shape index (κ3) is 5.24. The van der Waals surface area contributed by atoms with Crippen LogP contribution in [0.2, 0.25) is 0 Å². The molecule has 0 amide bonds. The standard InChI is InChI=1S/C16H23NO8S/c1-22-9-7-17(8-10-23-2)26(20,21)14-11-12(15(18)24-3)5-6-13(14)16(19)25-4/h5-6,11H,7-10H2,1-4H3. The molecule has 0 N–H and O–H groups in total. The summed E-state index contributed by atoms with van der Waals surface area (Å²) in [6.45, 7) is 0.386. The van der Waals surface area contributed by atoms with Gasteiger partial charge in [-0.2, -0.15) is 4.31 Å². The molecule has 0 saturated carbocycles. The van der Waals surface area contributed by atoms with Gasteiger partial charge in [-0.05, 0) is 18.2 Å². The average Bonchev–Trinajstić information content (AvgIpc) is 2.66. The summed E-state index contributed by atoms with van der Waals surface area (Å²) in [5.74, 6) is -1.56. The van der Waals surface area contributed by atoms with E-state index in [2.05, 4.69) is 9.47 Å². The number of hydrogen-bond donors (Lipinski definition) is 0. The number of benzene rings is 1. The quantitative estimate of drug-likeness (QED) is 0.534. The van der Waals surface area contributed by atoms with Crippen LogP contribution in [0.1, 0.15) is 20.7 Å². The van der Waals surface area contributed by atoms with Gasteiger partial charge in [0.15, 0.2) is 0 Å². The fraction of sp³-hybridized carbons (Fsp3) is 0.500. The summed E-state index contributed by atoms with van der Waals surface area (Å²) in [5, 5.41) is 0. The molecule has 0 unspecified atom stereocenters. The second-order valence-electron chi connectivity index (χ2n) is 5.08. The number of ether oxygens (including phenoxy) is 4. The zero-order chi connectivity index (χ0) is 19.7. The molecule has 1 rings (SSSR count). The molecule has 26 heavy (non-hydrogen) atoms. The number of nitrogens with zero attached hydrogens (tertiary/aromatic N) is 1. The summed E-state index contributed by atoms with van der Waals surface area (Å²) in [4.78, 5) is 23.4. The van der Waals surface area contributed by atoms with Crippen LogP contribution in [0.5, 0.6) is 0 Å². The molecule has 0 aromatic heterocycles. The number of hydrogen-bond acceptors (Lipinski definition) is 8. The molecule has 0 bridgehead atoms. The molecule has 0 saturated heterocycles. The molecule has 0 atom stereocenters. The highest BCUT2D eigenvalue weighted by molar-refractivity contribution is 7.89. The number of methoxy groups -OCH3 is 4. The van der Waals surface area contributed by atoms with Crippen molar-refractivity contribution in [1.29, 1.82) is 0 Å². The van der Waals surface area contributed by atoms with Crippen LogP contribution in [0.3, 0.4) is 0 Å². The number of carbonyl (C=O) groups is 2. The Hall–Kier alpha value is -2.01. The number of rotatable bonds is 10. The Balaban J connectivity index is 3.48. The monoisotopic (exact) mass is 389 g/mol. The van der Waals surface area contributed by atoms with Crippen molar-refractivity contribution in [3.8, 4) is 0 Å². The largest absolute Gasteiger partial charge is 0.465 e. The Morgan fingerprint density at radius 1 is 0.923 bits per heavy atom. The average molecular weight is 389 g/mol. The van der Waals surface area contributed by atoms with Crippen LogP contribution in [0.25, 0.3) is 0 Å². The van der Waals surface area contributed by atoms with Crippen LogP contribution >= 0.6 is 0 Å². The van der Waals surface area contributed by atoms with Crippen LogP contribution in [0.15, 0.2) is 23.1 Å². The van der Waals surface area contributed by atoms with Gasteiger partial charge in [-0.15, -0.1) is 0 Å². The minimum Gasteiger partial charge on any atom is -0.465 e. The first kappa shape index (κ1) is 22.0. The summed E-state index contributed by atoms with van der Waals surface area (Å²) in [5.41, 5.74) is -0.183. The maximum Gasteiger partial charge on any atom is 0.339 e. The molecular formula is C16H23NO8S. The second-order valence-corrected chi connectivity index (χ2v) is 6.99. The molecular weight excluding hydrogens is 366 g/mol. The van der Waals surface area contributed by atoms with Gasteiger partial charge in [0.1, 0.15) is 0 Å². The van der Waals surface area contributed by atoms with Crippen LogP contribution in [-0.2, 0) is 29.0 Å². The maximum absolute atomic E-state index is 13.1. The van der Waals surface area contributed by atoms with Gasteiger partial charge in [0.2, 0.25) is 10.0 Å². The highest BCUT2D eigenvalue weighted by Crippen LogP contribution is 2.23. The Morgan fingerprint density at radius 3 is 1.92 bits per heavy atom. The van der Waals surface area contributed by atoms with E-state index in [0.717, 1.165) is 17.5 Å². The smallest absolute Gasteiger partial charge is 0.339 e. The lowest BCUT2D eigenvalue weighted by atomic mass is 10.1. The lowest BCUT2D eigenvalue weighted by Crippen LogP contribution is -2.37. The predicted octanol–water partition coefficient (Wildman–Crippen LogP) is 0.543. The molecule has 146 valence electrons. The minimum atomic E-state index is -4.13. The first-order valence-electron chi connectivity index (χ1n) is 7.62. The van der Waals surface area contributed by atoms with Gasteiger partial charge in [-0.3, -0.25) is 0 Å². The summed E-state index contributed by atoms with van der Waals surface area (Å²) >= 11 is 0. The van der Waals surface area contributed by atoms with Crippen LogP contribution in [0, 0.1) is 0 Å². The summed E-state index contributed by atoms with van der Waals surface area (Å²) in [7, 11) is 1.07. The van der Waals surface area contributed by atoms with E-state index in [4.69, 9.17) is 9.47 Å². The topological polar surface area (TPSA) is 108 Å². The molecule has 0 aliphatic heterocycles. The van der Waals surface area contributed by atoms with Crippen LogP contribution < -0.4 is 0 Å². The van der Waals surface area contributed by atoms with Gasteiger partial charge in [0.25, 0.3) is 0 Å². The molecule has 0 radical (unpaired) electrons. The summed E-state index contributed by atoms with van der Waals surface area (Å²) in [6, 6.07) is 3.61. The Labute approximate surface area is 152 Å². The lowest BCUT2D eigenvalue weighted by Gasteiger charge is -2.23. The predicted molar refractivity (Wildman–Crippen MR) is 91.6 cm³/mol. The Bertz CT molecular complexity index is 724. The Kier molecular flexibility index (Phi) is 8.66. The van der Waals surface area contributed by atoms with E-state index in [1.807, 2.05) is 0 Å². The fourth-order valence-corrected chi connectivity index (χ4v) is 3.75. The fourth-order valence-electron chi connectivity index (χ4n) is 2.14. The molecule has 0 fully saturated rings. The van der Waals surface area contributed by atoms with E-state index in [1.165, 1.54) is 33.5 Å². The number of carbonyl (C=O) groups excluding carboxylic acids is 2. The van der Waals surface area contributed by atoms with Crippen molar-refractivity contribution in [1.82, 2.24) is 4.31 Å². The second kappa shape index (κ2) is 10.2. The van der Waals surface area contributed by atoms with Crippen molar-refractivity contribution in [2.24, 2.45) is 0 Å². The first-order valence-corrected chi connectivity index (χ1v) is 9.06. The first-order chi connectivity index (χ1) is 12.3. The van der Waals surface area contributed by atoms with Gasteiger partial charge in [0, 0.05) is 27.3 Å². The normalized spacial score (nSPS) is 11.4. The molecule has 10 heteroatoms. The molecule has 0 aliphatic carbocycles. The van der Waals surface area contributed by atoms with E-state index in [9.17, 15) is 18.0 Å². The van der Waals surface area contributed by atoms with Crippen molar-refractivity contribution in [3.63, 3.8) is 0 Å². The van der Waals surface area contributed by atoms with E-state index < -0.39 is 22.0 Å². The molecule has 1 aromatic carbocycles. The van der Waals surface area contributed by atoms with Crippen molar-refractivity contribution in [2.75, 3.05) is 54.7 Å². The van der Waals surface area contributed by atoms with E-state index in [0.29, 0.717) is 0 Å². The molecule has 0 aliphatic rings. The Morgan fingerprint density at radius 2 is 1.46 bits per heavy atom. The molecule has 1 aromatic rings. The number of sulfonamides is 1. The summed E-state index contributed by atoms with van der Waals surface area (Å²) in [6.07, 6.45) is 0. The van der Waals surface area contributed by atoms with Crippen molar-refractivity contribution < 1.29 is 37.0 Å². The van der Waals surface area contributed by atoms with Crippen molar-refractivity contribution in [2.45, 2.75) is 4.90 Å². The zero-order valence-electron chi connectivity index (χ0n) is 15.2. The van der Waals surface area contributed by atoms with Crippen LogP contribution in [-0.4, -0.2) is 79.4 Å². The zero-order valence-corrected chi connectivity index (χ0v) is 16.0. The van der Waals surface area contributed by atoms with Crippen molar-refractivity contribution in [3.05, 3.63) is 29.3 Å². The lowest BCUT2D eigenvalue weighted by molar-refractivity contribution is 0.0583. The molecule has 0 spiro atoms. The van der Waals surface area contributed by atoms with Gasteiger partial charge in [-0.25, -0.2) is 18.0 Å². The van der Waals surface area contributed by atoms with E-state index >= 15 is 0 Å². The van der Waals surface area contributed by atoms with Gasteiger partial charge >= 0.3 is 11.9 Å². The maximum atomic E-state index is 13.1. The van der Waals surface area contributed by atoms with Gasteiger partial charge in [-0.1, -0.05) is 0 Å².